The Morgan fingerprint density at radius 1 is 1.18 bits per heavy atom. The summed E-state index contributed by atoms with van der Waals surface area (Å²) in [6, 6.07) is 7.31. The minimum atomic E-state index is -1.47. The molecule has 0 aliphatic carbocycles. The van der Waals surface area contributed by atoms with Crippen LogP contribution in [0.1, 0.15) is 61.4 Å². The fourth-order valence-corrected chi connectivity index (χ4v) is 5.82. The van der Waals surface area contributed by atoms with Gasteiger partial charge >= 0.3 is 5.97 Å². The number of methoxy groups -OCH3 is 1. The van der Waals surface area contributed by atoms with Gasteiger partial charge in [-0.15, -0.1) is 0 Å². The van der Waals surface area contributed by atoms with Crippen LogP contribution in [0.15, 0.2) is 36.5 Å². The minimum absolute atomic E-state index is 0.0453. The number of pyridine rings is 1. The number of benzene rings is 2. The van der Waals surface area contributed by atoms with Crippen LogP contribution in [0.25, 0.3) is 10.9 Å². The van der Waals surface area contributed by atoms with Gasteiger partial charge in [-0.25, -0.2) is 17.6 Å². The Hall–Kier alpha value is -3.24. The van der Waals surface area contributed by atoms with Crippen molar-refractivity contribution >= 4 is 16.9 Å². The highest BCUT2D eigenvalue weighted by Gasteiger charge is 2.37. The number of fused-ring (bicyclic) bond motifs is 1. The number of halogens is 4. The third-order valence-electron chi connectivity index (χ3n) is 8.09. The molecule has 0 saturated carbocycles. The SMILES string of the molecule is COc1ccc2ncc(CN)c(C(F)CCC3(CC(=O)O)CCN(CCCc4cc(F)c(F)c(F)c4)CC3)c2c1. The van der Waals surface area contributed by atoms with E-state index >= 15 is 4.39 Å². The first-order valence-electron chi connectivity index (χ1n) is 13.5. The Balaban J connectivity index is 1.40. The van der Waals surface area contributed by atoms with Crippen LogP contribution in [0.2, 0.25) is 0 Å². The fourth-order valence-electron chi connectivity index (χ4n) is 5.82. The Bertz CT molecular complexity index is 1320. The molecule has 1 fully saturated rings. The monoisotopic (exact) mass is 561 g/mol. The molecule has 1 aliphatic heterocycles. The average Bonchev–Trinajstić information content (AvgIpc) is 2.94. The second kappa shape index (κ2) is 13.0. The lowest BCUT2D eigenvalue weighted by molar-refractivity contribution is -0.141. The van der Waals surface area contributed by atoms with Gasteiger partial charge < -0.3 is 20.5 Å². The number of nitrogens with two attached hydrogens (primary N) is 1. The van der Waals surface area contributed by atoms with Crippen molar-refractivity contribution in [3.05, 3.63) is 70.7 Å². The molecule has 2 heterocycles. The van der Waals surface area contributed by atoms with Crippen molar-refractivity contribution in [2.75, 3.05) is 26.7 Å². The van der Waals surface area contributed by atoms with Gasteiger partial charge in [0.2, 0.25) is 0 Å². The van der Waals surface area contributed by atoms with Crippen molar-refractivity contribution in [1.82, 2.24) is 9.88 Å². The number of hydrogen-bond acceptors (Lipinski definition) is 5. The van der Waals surface area contributed by atoms with Crippen molar-refractivity contribution in [1.29, 1.82) is 0 Å². The number of piperidine rings is 1. The Morgan fingerprint density at radius 2 is 1.88 bits per heavy atom. The van der Waals surface area contributed by atoms with E-state index in [1.54, 1.807) is 31.5 Å². The highest BCUT2D eigenvalue weighted by Crippen LogP contribution is 2.43. The zero-order valence-electron chi connectivity index (χ0n) is 22.6. The molecule has 0 bridgehead atoms. The van der Waals surface area contributed by atoms with Gasteiger partial charge in [0.1, 0.15) is 11.9 Å². The van der Waals surface area contributed by atoms with Crippen LogP contribution in [0, 0.1) is 22.9 Å². The van der Waals surface area contributed by atoms with Gasteiger partial charge in [-0.05, 0) is 105 Å². The van der Waals surface area contributed by atoms with E-state index < -0.39 is 35.0 Å². The van der Waals surface area contributed by atoms with Crippen LogP contribution in [0.3, 0.4) is 0 Å². The van der Waals surface area contributed by atoms with Crippen LogP contribution in [0.4, 0.5) is 17.6 Å². The fraction of sp³-hybridized carbons (Fsp3) is 0.467. The average molecular weight is 562 g/mol. The molecule has 40 heavy (non-hydrogen) atoms. The van der Waals surface area contributed by atoms with Crippen molar-refractivity contribution in [3.8, 4) is 5.75 Å². The number of carbonyl (C=O) groups is 1. The maximum absolute atomic E-state index is 15.9. The van der Waals surface area contributed by atoms with Gasteiger partial charge in [0.15, 0.2) is 17.5 Å². The predicted molar refractivity (Wildman–Crippen MR) is 144 cm³/mol. The number of aliphatic carboxylic acids is 1. The van der Waals surface area contributed by atoms with E-state index in [1.807, 2.05) is 0 Å². The normalized spacial score (nSPS) is 16.2. The summed E-state index contributed by atoms with van der Waals surface area (Å²) in [6.45, 7) is 2.06. The van der Waals surface area contributed by atoms with Crippen LogP contribution in [-0.4, -0.2) is 47.7 Å². The van der Waals surface area contributed by atoms with E-state index in [0.29, 0.717) is 85.1 Å². The summed E-state index contributed by atoms with van der Waals surface area (Å²) in [4.78, 5) is 18.4. The maximum Gasteiger partial charge on any atom is 0.303 e. The Morgan fingerprint density at radius 3 is 2.50 bits per heavy atom. The molecule has 6 nitrogen and oxygen atoms in total. The highest BCUT2D eigenvalue weighted by atomic mass is 19.2. The van der Waals surface area contributed by atoms with E-state index in [9.17, 15) is 23.1 Å². The van der Waals surface area contributed by atoms with Crippen molar-refractivity contribution in [3.63, 3.8) is 0 Å². The summed E-state index contributed by atoms with van der Waals surface area (Å²) >= 11 is 0. The first-order valence-corrected chi connectivity index (χ1v) is 13.5. The van der Waals surface area contributed by atoms with Gasteiger partial charge in [0, 0.05) is 23.7 Å². The molecule has 1 atom stereocenters. The molecule has 1 aromatic heterocycles. The number of carboxylic acids is 1. The molecule has 3 N–H and O–H groups in total. The molecule has 10 heteroatoms. The van der Waals surface area contributed by atoms with Crippen LogP contribution < -0.4 is 10.5 Å². The van der Waals surface area contributed by atoms with Crippen LogP contribution in [-0.2, 0) is 17.8 Å². The number of carboxylic acid groups (broad SMARTS) is 1. The van der Waals surface area contributed by atoms with E-state index in [-0.39, 0.29) is 19.4 Å². The highest BCUT2D eigenvalue weighted by molar-refractivity contribution is 5.85. The van der Waals surface area contributed by atoms with Crippen molar-refractivity contribution < 1.29 is 32.2 Å². The first-order chi connectivity index (χ1) is 19.1. The van der Waals surface area contributed by atoms with E-state index in [0.717, 1.165) is 12.1 Å². The summed E-state index contributed by atoms with van der Waals surface area (Å²) in [5.41, 5.74) is 7.48. The van der Waals surface area contributed by atoms with Gasteiger partial charge in [-0.2, -0.15) is 0 Å². The standard InChI is InChI=1S/C30H35F4N3O3/c1-40-21-4-5-26-22(15-21)28(20(17-35)18-36-26)23(31)6-7-30(16-27(38)39)8-11-37(12-9-30)10-2-3-19-13-24(32)29(34)25(33)14-19/h4-5,13-15,18,23H,2-3,6-12,16-17,35H2,1H3,(H,38,39). The van der Waals surface area contributed by atoms with Crippen molar-refractivity contribution in [2.45, 2.75) is 57.7 Å². The molecular weight excluding hydrogens is 526 g/mol. The summed E-state index contributed by atoms with van der Waals surface area (Å²) in [5, 5.41) is 10.3. The number of aryl methyl sites for hydroxylation is 1. The zero-order chi connectivity index (χ0) is 28.9. The molecule has 216 valence electrons. The van der Waals surface area contributed by atoms with E-state index in [4.69, 9.17) is 10.5 Å². The molecule has 4 rings (SSSR count). The third-order valence-corrected chi connectivity index (χ3v) is 8.09. The Kier molecular flexibility index (Phi) is 9.63. The summed E-state index contributed by atoms with van der Waals surface area (Å²) in [5.74, 6) is -4.20. The largest absolute Gasteiger partial charge is 0.497 e. The molecule has 0 radical (unpaired) electrons. The van der Waals surface area contributed by atoms with Crippen LogP contribution >= 0.6 is 0 Å². The van der Waals surface area contributed by atoms with Gasteiger partial charge in [0.05, 0.1) is 19.0 Å². The Labute approximate surface area is 231 Å². The summed E-state index contributed by atoms with van der Waals surface area (Å²) in [6.07, 6.45) is 2.95. The van der Waals surface area contributed by atoms with Crippen LogP contribution in [0.5, 0.6) is 5.75 Å². The summed E-state index contributed by atoms with van der Waals surface area (Å²) < 4.78 is 61.4. The number of hydrogen-bond donors (Lipinski definition) is 2. The third kappa shape index (κ3) is 6.90. The first kappa shape index (κ1) is 29.7. The molecule has 0 spiro atoms. The molecule has 1 aliphatic rings. The topological polar surface area (TPSA) is 88.7 Å². The lowest BCUT2D eigenvalue weighted by Gasteiger charge is -2.41. The van der Waals surface area contributed by atoms with Gasteiger partial charge in [-0.1, -0.05) is 0 Å². The minimum Gasteiger partial charge on any atom is -0.497 e. The number of likely N-dealkylation sites (tertiary alicyclic amines) is 1. The lowest BCUT2D eigenvalue weighted by Crippen LogP contribution is -2.41. The van der Waals surface area contributed by atoms with Gasteiger partial charge in [-0.3, -0.25) is 9.78 Å². The van der Waals surface area contributed by atoms with E-state index in [2.05, 4.69) is 9.88 Å². The molecule has 1 saturated heterocycles. The zero-order valence-corrected chi connectivity index (χ0v) is 22.6. The molecule has 2 aromatic carbocycles. The lowest BCUT2D eigenvalue weighted by atomic mass is 9.71. The van der Waals surface area contributed by atoms with Crippen molar-refractivity contribution in [2.24, 2.45) is 11.1 Å². The molecule has 3 aromatic rings. The number of nitrogens with zero attached hydrogens (tertiary/aromatic N) is 2. The molecular formula is C30H35F4N3O3. The number of rotatable bonds is 12. The number of alkyl halides is 1. The summed E-state index contributed by atoms with van der Waals surface area (Å²) in [7, 11) is 1.54. The predicted octanol–water partition coefficient (Wildman–Crippen LogP) is 6.10. The maximum atomic E-state index is 15.9. The molecule has 0 amide bonds. The quantitative estimate of drug-likeness (QED) is 0.205. The molecule has 1 unspecified atom stereocenters. The number of ether oxygens (including phenoxy) is 1. The van der Waals surface area contributed by atoms with E-state index in [1.165, 1.54) is 0 Å². The smallest absolute Gasteiger partial charge is 0.303 e. The number of aromatic nitrogens is 1. The second-order valence-electron chi connectivity index (χ2n) is 10.7. The van der Waals surface area contributed by atoms with Gasteiger partial charge in [0.25, 0.3) is 0 Å². The second-order valence-corrected chi connectivity index (χ2v) is 10.7.